The Bertz CT molecular complexity index is 219. The van der Waals surface area contributed by atoms with E-state index in [4.69, 9.17) is 4.74 Å². The van der Waals surface area contributed by atoms with Crippen LogP contribution in [0.5, 0.6) is 0 Å². The number of methoxy groups -OCH3 is 1. The van der Waals surface area contributed by atoms with E-state index in [0.717, 1.165) is 19.4 Å². The number of hydrogen-bond acceptors (Lipinski definition) is 2. The van der Waals surface area contributed by atoms with Crippen LogP contribution in [0.3, 0.4) is 0 Å². The molecule has 0 bridgehead atoms. The molecular weight excluding hydrogens is 224 g/mol. The largest absolute Gasteiger partial charge is 0.380 e. The minimum atomic E-state index is -2.43. The normalized spacial score (nSPS) is 27.0. The van der Waals surface area contributed by atoms with Crippen LogP contribution in [0.2, 0.25) is 0 Å². The molecule has 0 heterocycles. The van der Waals surface area contributed by atoms with Gasteiger partial charge in [-0.1, -0.05) is 13.8 Å². The van der Waals surface area contributed by atoms with E-state index in [0.29, 0.717) is 6.42 Å². The summed E-state index contributed by atoms with van der Waals surface area (Å²) in [6.07, 6.45) is 2.60. The van der Waals surface area contributed by atoms with Gasteiger partial charge in [0.05, 0.1) is 6.10 Å². The average Bonchev–Trinajstić information content (AvgIpc) is 2.60. The third-order valence-corrected chi connectivity index (χ3v) is 3.71. The van der Waals surface area contributed by atoms with Crippen LogP contribution in [-0.2, 0) is 4.74 Å². The monoisotopic (exact) mass is 249 g/mol. The van der Waals surface area contributed by atoms with Gasteiger partial charge in [0, 0.05) is 26.0 Å². The summed E-state index contributed by atoms with van der Waals surface area (Å²) in [6, 6.07) is 0.203. The van der Waals surface area contributed by atoms with Crippen molar-refractivity contribution in [3.63, 3.8) is 0 Å². The minimum absolute atomic E-state index is 0.0506. The van der Waals surface area contributed by atoms with E-state index in [1.165, 1.54) is 0 Å². The third-order valence-electron chi connectivity index (χ3n) is 3.71. The van der Waals surface area contributed by atoms with Gasteiger partial charge in [-0.3, -0.25) is 0 Å². The Balaban J connectivity index is 2.49. The summed E-state index contributed by atoms with van der Waals surface area (Å²) < 4.78 is 31.7. The Kier molecular flexibility index (Phi) is 5.80. The van der Waals surface area contributed by atoms with Crippen LogP contribution in [0.25, 0.3) is 0 Å². The highest BCUT2D eigenvalue weighted by molar-refractivity contribution is 4.86. The molecule has 1 fully saturated rings. The van der Waals surface area contributed by atoms with Crippen LogP contribution in [0.1, 0.15) is 46.0 Å². The predicted molar refractivity (Wildman–Crippen MR) is 65.5 cm³/mol. The Labute approximate surface area is 103 Å². The van der Waals surface area contributed by atoms with Crippen molar-refractivity contribution in [3.05, 3.63) is 0 Å². The molecule has 0 saturated heterocycles. The third kappa shape index (κ3) is 4.51. The molecule has 3 atom stereocenters. The summed E-state index contributed by atoms with van der Waals surface area (Å²) in [6.45, 7) is 4.97. The summed E-state index contributed by atoms with van der Waals surface area (Å²) in [7, 11) is 1.70. The summed E-state index contributed by atoms with van der Waals surface area (Å²) in [5.74, 6) is -2.30. The van der Waals surface area contributed by atoms with E-state index in [2.05, 4.69) is 12.2 Å². The van der Waals surface area contributed by atoms with E-state index < -0.39 is 5.92 Å². The SMILES string of the molecule is CCNC(CC1CCC(F)(F)C1)C(CC)OC. The van der Waals surface area contributed by atoms with E-state index in [1.54, 1.807) is 7.11 Å². The fourth-order valence-corrected chi connectivity index (χ4v) is 2.85. The molecule has 1 aliphatic carbocycles. The Hall–Kier alpha value is -0.220. The average molecular weight is 249 g/mol. The smallest absolute Gasteiger partial charge is 0.248 e. The van der Waals surface area contributed by atoms with Gasteiger partial charge >= 0.3 is 0 Å². The molecule has 0 aromatic carbocycles. The zero-order valence-corrected chi connectivity index (χ0v) is 11.1. The van der Waals surface area contributed by atoms with Crippen molar-refractivity contribution in [2.75, 3.05) is 13.7 Å². The molecule has 1 saturated carbocycles. The quantitative estimate of drug-likeness (QED) is 0.748. The molecule has 0 amide bonds. The highest BCUT2D eigenvalue weighted by Gasteiger charge is 2.40. The maximum Gasteiger partial charge on any atom is 0.248 e. The van der Waals surface area contributed by atoms with Gasteiger partial charge in [-0.05, 0) is 31.7 Å². The van der Waals surface area contributed by atoms with Crippen LogP contribution < -0.4 is 5.32 Å². The van der Waals surface area contributed by atoms with E-state index in [-0.39, 0.29) is 30.9 Å². The Morgan fingerprint density at radius 2 is 2.12 bits per heavy atom. The fraction of sp³-hybridized carbons (Fsp3) is 1.00. The lowest BCUT2D eigenvalue weighted by Gasteiger charge is -2.28. The molecule has 1 aliphatic rings. The second-order valence-electron chi connectivity index (χ2n) is 5.05. The van der Waals surface area contributed by atoms with Gasteiger partial charge in [-0.25, -0.2) is 8.78 Å². The van der Waals surface area contributed by atoms with E-state index >= 15 is 0 Å². The first-order valence-corrected chi connectivity index (χ1v) is 6.66. The van der Waals surface area contributed by atoms with Gasteiger partial charge in [0.2, 0.25) is 5.92 Å². The number of nitrogens with one attached hydrogen (secondary N) is 1. The predicted octanol–water partition coefficient (Wildman–Crippen LogP) is 3.22. The maximum absolute atomic E-state index is 13.1. The van der Waals surface area contributed by atoms with Gasteiger partial charge in [0.25, 0.3) is 0 Å². The second-order valence-corrected chi connectivity index (χ2v) is 5.05. The van der Waals surface area contributed by atoms with Crippen molar-refractivity contribution in [3.8, 4) is 0 Å². The van der Waals surface area contributed by atoms with Gasteiger partial charge in [-0.15, -0.1) is 0 Å². The van der Waals surface area contributed by atoms with Crippen molar-refractivity contribution in [1.29, 1.82) is 0 Å². The van der Waals surface area contributed by atoms with E-state index in [1.807, 2.05) is 6.92 Å². The number of halogens is 2. The molecule has 1 N–H and O–H groups in total. The highest BCUT2D eigenvalue weighted by Crippen LogP contribution is 2.41. The summed E-state index contributed by atoms with van der Waals surface area (Å²) in [5.41, 5.74) is 0. The van der Waals surface area contributed by atoms with Crippen molar-refractivity contribution < 1.29 is 13.5 Å². The molecule has 0 aromatic heterocycles. The molecule has 1 rings (SSSR count). The molecule has 0 aliphatic heterocycles. The molecular formula is C13H25F2NO. The summed E-state index contributed by atoms with van der Waals surface area (Å²) >= 11 is 0. The first-order chi connectivity index (χ1) is 8.02. The van der Waals surface area contributed by atoms with E-state index in [9.17, 15) is 8.78 Å². The van der Waals surface area contributed by atoms with Crippen LogP contribution >= 0.6 is 0 Å². The molecule has 0 aromatic rings. The van der Waals surface area contributed by atoms with Crippen molar-refractivity contribution in [2.24, 2.45) is 5.92 Å². The molecule has 2 nitrogen and oxygen atoms in total. The second kappa shape index (κ2) is 6.64. The molecule has 0 spiro atoms. The molecule has 0 radical (unpaired) electrons. The van der Waals surface area contributed by atoms with Crippen LogP contribution in [-0.4, -0.2) is 31.7 Å². The lowest BCUT2D eigenvalue weighted by molar-refractivity contribution is 0.00212. The zero-order chi connectivity index (χ0) is 12.9. The zero-order valence-electron chi connectivity index (χ0n) is 11.1. The topological polar surface area (TPSA) is 21.3 Å². The van der Waals surface area contributed by atoms with Gasteiger partial charge in [-0.2, -0.15) is 0 Å². The van der Waals surface area contributed by atoms with Crippen LogP contribution in [0.4, 0.5) is 8.78 Å². The highest BCUT2D eigenvalue weighted by atomic mass is 19.3. The minimum Gasteiger partial charge on any atom is -0.380 e. The Morgan fingerprint density at radius 1 is 1.41 bits per heavy atom. The lowest BCUT2D eigenvalue weighted by Crippen LogP contribution is -2.41. The fourth-order valence-electron chi connectivity index (χ4n) is 2.85. The maximum atomic E-state index is 13.1. The number of hydrogen-bond donors (Lipinski definition) is 1. The van der Waals surface area contributed by atoms with Crippen LogP contribution in [0.15, 0.2) is 0 Å². The molecule has 102 valence electrons. The number of likely N-dealkylation sites (N-methyl/N-ethyl adjacent to an activating group) is 1. The molecule has 3 unspecified atom stereocenters. The first-order valence-electron chi connectivity index (χ1n) is 6.66. The van der Waals surface area contributed by atoms with Gasteiger partial charge in [0.15, 0.2) is 0 Å². The number of ether oxygens (including phenoxy) is 1. The Morgan fingerprint density at radius 3 is 2.53 bits per heavy atom. The number of rotatable bonds is 7. The number of alkyl halides is 2. The van der Waals surface area contributed by atoms with Crippen LogP contribution in [0, 0.1) is 5.92 Å². The lowest BCUT2D eigenvalue weighted by atomic mass is 9.93. The van der Waals surface area contributed by atoms with Gasteiger partial charge in [0.1, 0.15) is 0 Å². The van der Waals surface area contributed by atoms with Crippen molar-refractivity contribution >= 4 is 0 Å². The molecule has 4 heteroatoms. The summed E-state index contributed by atoms with van der Waals surface area (Å²) in [5, 5.41) is 3.37. The first kappa shape index (κ1) is 14.8. The summed E-state index contributed by atoms with van der Waals surface area (Å²) in [4.78, 5) is 0. The van der Waals surface area contributed by atoms with Gasteiger partial charge < -0.3 is 10.1 Å². The molecule has 17 heavy (non-hydrogen) atoms. The van der Waals surface area contributed by atoms with Crippen molar-refractivity contribution in [2.45, 2.75) is 64.0 Å². The van der Waals surface area contributed by atoms with Crippen molar-refractivity contribution in [1.82, 2.24) is 5.32 Å². The standard InChI is InChI=1S/C13H25F2NO/c1-4-12(17-3)11(16-5-2)8-10-6-7-13(14,15)9-10/h10-12,16H,4-9H2,1-3H3.